The number of nitrogens with two attached hydrogens (primary N) is 3. The van der Waals surface area contributed by atoms with Crippen molar-refractivity contribution in [3.05, 3.63) is 13.8 Å². The summed E-state index contributed by atoms with van der Waals surface area (Å²) in [5.41, 5.74) is 17.0. The second kappa shape index (κ2) is 29.7. The minimum Gasteiger partial charge on any atom is -0.481 e. The van der Waals surface area contributed by atoms with Gasteiger partial charge in [-0.15, -0.1) is 0 Å². The van der Waals surface area contributed by atoms with Gasteiger partial charge in [-0.1, -0.05) is 25.7 Å². The molecule has 12 unspecified atom stereocenters. The van der Waals surface area contributed by atoms with Crippen molar-refractivity contribution in [2.45, 2.75) is 172 Å². The third-order valence-corrected chi connectivity index (χ3v) is 18.3. The molecule has 8 aliphatic rings. The Bertz CT molecular complexity index is 1570. The number of aliphatic imine (C=N–C) groups is 3. The Labute approximate surface area is 432 Å². The number of guanidine groups is 3. The summed E-state index contributed by atoms with van der Waals surface area (Å²) in [7, 11) is 0. The molecule has 0 saturated carbocycles. The zero-order valence-corrected chi connectivity index (χ0v) is 45.1. The van der Waals surface area contributed by atoms with Crippen molar-refractivity contribution in [2.75, 3.05) is 23.0 Å². The number of thioether (sulfide) groups is 4. The van der Waals surface area contributed by atoms with E-state index in [0.717, 1.165) is 100 Å². The van der Waals surface area contributed by atoms with Gasteiger partial charge in [-0.2, -0.15) is 47.0 Å². The Balaban J connectivity index is 0.000000231. The number of carbonyl (C=O) groups is 5. The second-order valence-corrected chi connectivity index (χ2v) is 22.4. The molecule has 24 heteroatoms. The third-order valence-electron chi connectivity index (χ3n) is 12.3. The first-order valence-corrected chi connectivity index (χ1v) is 26.8. The zero-order chi connectivity index (χ0) is 46.2. The van der Waals surface area contributed by atoms with Crippen LogP contribution in [0.4, 0.5) is 4.79 Å². The number of nitrogens with zero attached hydrogens (tertiary/aromatic N) is 3. The molecule has 12 atom stereocenters. The maximum atomic E-state index is 11.1. The summed E-state index contributed by atoms with van der Waals surface area (Å²) in [5.74, 6) is 4.60. The molecule has 1 radical (unpaired) electrons. The fourth-order valence-corrected chi connectivity index (χ4v) is 15.2. The largest absolute Gasteiger partial charge is 2.00 e. The van der Waals surface area contributed by atoms with E-state index in [2.05, 4.69) is 55.4 Å². The number of ketones is 2. The maximum Gasteiger partial charge on any atom is 2.00 e. The van der Waals surface area contributed by atoms with Gasteiger partial charge in [0.25, 0.3) is 0 Å². The van der Waals surface area contributed by atoms with Crippen molar-refractivity contribution in [3.8, 4) is 0 Å². The van der Waals surface area contributed by atoms with Gasteiger partial charge in [0.2, 0.25) is 0 Å². The summed E-state index contributed by atoms with van der Waals surface area (Å²) in [4.78, 5) is 66.5. The number of hydrogen-bond donors (Lipinski definition) is 10. The molecule has 5 saturated heterocycles. The quantitative estimate of drug-likeness (QED) is 0.0476. The normalized spacial score (nSPS) is 31.0. The van der Waals surface area contributed by atoms with Crippen molar-refractivity contribution in [2.24, 2.45) is 32.2 Å². The van der Waals surface area contributed by atoms with Gasteiger partial charge in [0, 0.05) is 77.9 Å². The summed E-state index contributed by atoms with van der Waals surface area (Å²) in [6, 6.07) is 2.70. The van der Waals surface area contributed by atoms with E-state index in [1.807, 2.05) is 47.0 Å². The van der Waals surface area contributed by atoms with Crippen LogP contribution < -0.4 is 43.8 Å². The first-order chi connectivity index (χ1) is 30.7. The third kappa shape index (κ3) is 18.9. The predicted octanol–water partition coefficient (Wildman–Crippen LogP) is 2.63. The van der Waals surface area contributed by atoms with Gasteiger partial charge >= 0.3 is 36.5 Å². The average Bonchev–Trinajstić information content (AvgIpc) is 4.10. The van der Waals surface area contributed by atoms with Crippen LogP contribution in [0.3, 0.4) is 0 Å². The second-order valence-electron chi connectivity index (χ2n) is 17.4. The van der Waals surface area contributed by atoms with E-state index in [1.165, 1.54) is 0 Å². The van der Waals surface area contributed by atoms with Crippen LogP contribution in [0, 0.1) is 13.8 Å². The summed E-state index contributed by atoms with van der Waals surface area (Å²) >= 11 is 7.73. The SMILES string of the molecule is NC1=NC2C(CSC2CCCCC(=O)O)N1.O=C(O)CCCCC1SCC2NC(=O)NC21.[CH2-]C(=O)CCCCC1SCC2NC(N)=NC21.[CH2-]C(=O)CCCCC1SCC2NC(N)=NC21.[V+2].[W]. The van der Waals surface area contributed by atoms with E-state index in [4.69, 9.17) is 27.4 Å². The number of amides is 2. The molecule has 0 bridgehead atoms. The van der Waals surface area contributed by atoms with Crippen LogP contribution in [0.1, 0.15) is 103 Å². The van der Waals surface area contributed by atoms with E-state index in [0.29, 0.717) is 88.0 Å². The Morgan fingerprint density at radius 3 is 1.18 bits per heavy atom. The molecule has 13 N–H and O–H groups in total. The minimum absolute atomic E-state index is 0. The molecule has 8 heterocycles. The number of hydrogen-bond acceptors (Lipinski definition) is 18. The molecule has 8 rings (SSSR count). The molecule has 66 heavy (non-hydrogen) atoms. The van der Waals surface area contributed by atoms with Crippen molar-refractivity contribution in [1.82, 2.24) is 26.6 Å². The van der Waals surface area contributed by atoms with E-state index >= 15 is 0 Å². The molecule has 0 aromatic heterocycles. The van der Waals surface area contributed by atoms with E-state index in [9.17, 15) is 24.0 Å². The maximum absolute atomic E-state index is 11.1. The number of aliphatic carboxylic acids is 2. The monoisotopic (exact) mass is 1200 g/mol. The van der Waals surface area contributed by atoms with Crippen LogP contribution >= 0.6 is 47.0 Å². The van der Waals surface area contributed by atoms with Crippen molar-refractivity contribution < 1.29 is 73.8 Å². The summed E-state index contributed by atoms with van der Waals surface area (Å²) in [6.45, 7) is 6.76. The van der Waals surface area contributed by atoms with Crippen LogP contribution in [-0.2, 0) is 58.8 Å². The fraction of sp³-hybridized carbons (Fsp3) is 0.762. The number of fused-ring (bicyclic) bond motifs is 4. The van der Waals surface area contributed by atoms with Gasteiger partial charge in [-0.3, -0.25) is 9.59 Å². The van der Waals surface area contributed by atoms with Crippen LogP contribution in [-0.4, -0.2) is 150 Å². The average molecular weight is 1200 g/mol. The van der Waals surface area contributed by atoms with Gasteiger partial charge in [0.15, 0.2) is 17.9 Å². The van der Waals surface area contributed by atoms with Crippen molar-refractivity contribution >= 4 is 94.5 Å². The fourth-order valence-electron chi connectivity index (χ4n) is 9.10. The van der Waals surface area contributed by atoms with Gasteiger partial charge in [-0.05, 0) is 75.8 Å². The molecule has 18 nitrogen and oxygen atoms in total. The molecular weight excluding hydrogens is 1130 g/mol. The summed E-state index contributed by atoms with van der Waals surface area (Å²) in [6.07, 6.45) is 13.4. The number of rotatable bonds is 20. The van der Waals surface area contributed by atoms with Gasteiger partial charge < -0.3 is 77.4 Å². The topological polar surface area (TPSA) is 301 Å². The number of nitrogens with one attached hydrogen (secondary N) is 5. The van der Waals surface area contributed by atoms with Crippen LogP contribution in [0.2, 0.25) is 0 Å². The molecule has 0 aliphatic carbocycles. The molecular formula is C42H69N11O7S4VW. The summed E-state index contributed by atoms with van der Waals surface area (Å²) < 4.78 is 0. The van der Waals surface area contributed by atoms with Gasteiger partial charge in [0.1, 0.15) is 0 Å². The first kappa shape index (κ1) is 58.1. The number of urea groups is 1. The van der Waals surface area contributed by atoms with Crippen molar-refractivity contribution in [1.29, 1.82) is 0 Å². The zero-order valence-electron chi connectivity index (χ0n) is 37.5. The van der Waals surface area contributed by atoms with E-state index in [1.54, 1.807) is 0 Å². The van der Waals surface area contributed by atoms with E-state index in [-0.39, 0.29) is 82.1 Å². The molecule has 2 amide bonds. The molecule has 0 aromatic carbocycles. The Hall–Kier alpha value is -2.23. The van der Waals surface area contributed by atoms with E-state index < -0.39 is 11.9 Å². The number of carboxylic acids is 2. The first-order valence-electron chi connectivity index (χ1n) is 22.6. The Morgan fingerprint density at radius 2 is 0.833 bits per heavy atom. The van der Waals surface area contributed by atoms with Crippen molar-refractivity contribution in [3.63, 3.8) is 0 Å². The molecule has 0 aromatic rings. The number of Topliss-reactive ketones (excluding diaryl/α,β-unsaturated/α-hetero) is 2. The smallest absolute Gasteiger partial charge is 0.481 e. The number of carboxylic acid groups (broad SMARTS) is 2. The molecule has 369 valence electrons. The summed E-state index contributed by atoms with van der Waals surface area (Å²) in [5, 5.41) is 34.5. The Kier molecular flexibility index (Phi) is 26.2. The van der Waals surface area contributed by atoms with Crippen LogP contribution in [0.15, 0.2) is 15.0 Å². The number of carbonyl (C=O) groups excluding carboxylic acids is 3. The Morgan fingerprint density at radius 1 is 0.515 bits per heavy atom. The van der Waals surface area contributed by atoms with Gasteiger partial charge in [-0.25, -0.2) is 19.8 Å². The van der Waals surface area contributed by atoms with Crippen LogP contribution in [0.5, 0.6) is 0 Å². The molecule has 8 aliphatic heterocycles. The number of unbranched alkanes of at least 4 members (excludes halogenated alkanes) is 4. The van der Waals surface area contributed by atoms with Gasteiger partial charge in [0.05, 0.1) is 48.3 Å². The molecule has 0 spiro atoms. The minimum atomic E-state index is -0.729. The molecule has 5 fully saturated rings. The van der Waals surface area contributed by atoms with Crippen LogP contribution in [0.25, 0.3) is 0 Å². The standard InChI is InChI=1S/2C11H18N3OS.C10H17N3O2S.C10H16N2O3S.V.W/c2*1-7(15)4-2-3-5-9-10-8(6-16-9)13-11(12)14-10;11-10-12-6-5-16-7(9(6)13-10)3-1-2-4-8(14)15;13-8(14)4-2-1-3-7-9-6(5-16-7)11-10(15)12-9;;/h2*8-10H,1-6H2,(H3,12,13,14);6-7,9H,1-5H2,(H,14,15)(H3,11,12,13);6-7,9H,1-5H2,(H,13,14)(H2,11,12,15);;/q2*-1;;;+2;. The predicted molar refractivity (Wildman–Crippen MR) is 261 cm³/mol.